The number of rotatable bonds is 2. The number of halogens is 2. The Balaban J connectivity index is 1.76. The lowest BCUT2D eigenvalue weighted by Crippen LogP contribution is -2.35. The molecule has 0 saturated carbocycles. The molecular formula is C17H11Cl2N5OS. The normalized spacial score (nSPS) is 18.3. The van der Waals surface area contributed by atoms with Crippen LogP contribution in [0.15, 0.2) is 52.2 Å². The number of thioether (sulfide) groups is 1. The van der Waals surface area contributed by atoms with Crippen LogP contribution in [0.2, 0.25) is 10.0 Å². The van der Waals surface area contributed by atoms with Crippen LogP contribution in [0.5, 0.6) is 0 Å². The Morgan fingerprint density at radius 3 is 2.81 bits per heavy atom. The van der Waals surface area contributed by atoms with Crippen molar-refractivity contribution in [1.82, 2.24) is 9.58 Å². The first-order chi connectivity index (χ1) is 12.4. The molecule has 2 aliphatic rings. The summed E-state index contributed by atoms with van der Waals surface area (Å²) in [6, 6.07) is 8.95. The van der Waals surface area contributed by atoms with Gasteiger partial charge in [0.25, 0.3) is 5.91 Å². The molecule has 0 radical (unpaired) electrons. The van der Waals surface area contributed by atoms with Gasteiger partial charge in [0.15, 0.2) is 5.84 Å². The lowest BCUT2D eigenvalue weighted by Gasteiger charge is -2.20. The molecule has 2 aromatic rings. The summed E-state index contributed by atoms with van der Waals surface area (Å²) in [5.74, 6) is -0.452. The number of nitrogens with zero attached hydrogens (tertiary/aromatic N) is 4. The van der Waals surface area contributed by atoms with Crippen molar-refractivity contribution in [2.45, 2.75) is 6.92 Å². The molecule has 0 atom stereocenters. The summed E-state index contributed by atoms with van der Waals surface area (Å²) < 4.78 is 1.85. The van der Waals surface area contributed by atoms with Crippen molar-refractivity contribution in [3.8, 4) is 5.69 Å². The maximum Gasteiger partial charge on any atom is 0.283 e. The number of hydrogen-bond acceptors (Lipinski definition) is 4. The van der Waals surface area contributed by atoms with Gasteiger partial charge in [-0.3, -0.25) is 10.2 Å². The first kappa shape index (κ1) is 17.1. The predicted octanol–water partition coefficient (Wildman–Crippen LogP) is 4.42. The number of amidine groups is 2. The molecule has 1 N–H and O–H groups in total. The highest BCUT2D eigenvalue weighted by molar-refractivity contribution is 8.26. The molecular weight excluding hydrogens is 393 g/mol. The molecule has 1 aromatic heterocycles. The van der Waals surface area contributed by atoms with Crippen LogP contribution in [0.4, 0.5) is 0 Å². The fourth-order valence-corrected chi connectivity index (χ4v) is 3.64. The highest BCUT2D eigenvalue weighted by atomic mass is 35.5. The van der Waals surface area contributed by atoms with Crippen LogP contribution in [0.3, 0.4) is 0 Å². The molecule has 3 heterocycles. The summed E-state index contributed by atoms with van der Waals surface area (Å²) >= 11 is 13.4. The van der Waals surface area contributed by atoms with E-state index < -0.39 is 5.91 Å². The first-order valence-corrected chi connectivity index (χ1v) is 9.11. The minimum absolute atomic E-state index is 0.00578. The quantitative estimate of drug-likeness (QED) is 0.753. The molecule has 1 aromatic carbocycles. The molecule has 0 bridgehead atoms. The van der Waals surface area contributed by atoms with Gasteiger partial charge in [0.05, 0.1) is 20.7 Å². The molecule has 6 nitrogen and oxygen atoms in total. The lowest BCUT2D eigenvalue weighted by atomic mass is 10.1. The molecule has 0 spiro atoms. The SMILES string of the molecule is CC1=NN2C(=N)/C(=C/c3cccn3-c3ccc(Cl)c(Cl)c3)C(=O)N=C2S1. The second-order valence-corrected chi connectivity index (χ2v) is 7.51. The Morgan fingerprint density at radius 1 is 1.23 bits per heavy atom. The molecule has 0 saturated heterocycles. The predicted molar refractivity (Wildman–Crippen MR) is 106 cm³/mol. The minimum Gasteiger partial charge on any atom is -0.317 e. The van der Waals surface area contributed by atoms with E-state index in [1.54, 1.807) is 18.2 Å². The highest BCUT2D eigenvalue weighted by Crippen LogP contribution is 2.29. The number of hydrazone groups is 1. The number of benzene rings is 1. The van der Waals surface area contributed by atoms with E-state index >= 15 is 0 Å². The van der Waals surface area contributed by atoms with Crippen molar-refractivity contribution in [3.63, 3.8) is 0 Å². The van der Waals surface area contributed by atoms with Crippen LogP contribution < -0.4 is 0 Å². The van der Waals surface area contributed by atoms with E-state index in [2.05, 4.69) is 10.1 Å². The van der Waals surface area contributed by atoms with Gasteiger partial charge in [0, 0.05) is 17.6 Å². The van der Waals surface area contributed by atoms with Crippen molar-refractivity contribution < 1.29 is 4.79 Å². The molecule has 0 unspecified atom stereocenters. The van der Waals surface area contributed by atoms with E-state index in [0.29, 0.717) is 20.9 Å². The fraction of sp³-hybridized carbons (Fsp3) is 0.0588. The van der Waals surface area contributed by atoms with Gasteiger partial charge >= 0.3 is 0 Å². The summed E-state index contributed by atoms with van der Waals surface area (Å²) in [5, 5.41) is 16.0. The number of nitrogens with one attached hydrogen (secondary N) is 1. The number of fused-ring (bicyclic) bond motifs is 1. The van der Waals surface area contributed by atoms with Crippen LogP contribution >= 0.6 is 35.0 Å². The Bertz CT molecular complexity index is 1050. The van der Waals surface area contributed by atoms with E-state index in [1.165, 1.54) is 16.8 Å². The smallest absolute Gasteiger partial charge is 0.283 e. The van der Waals surface area contributed by atoms with Gasteiger partial charge in [0.1, 0.15) is 0 Å². The lowest BCUT2D eigenvalue weighted by molar-refractivity contribution is -0.114. The van der Waals surface area contributed by atoms with E-state index in [0.717, 1.165) is 10.7 Å². The van der Waals surface area contributed by atoms with Gasteiger partial charge in [-0.2, -0.15) is 15.1 Å². The second kappa shape index (κ2) is 6.42. The highest BCUT2D eigenvalue weighted by Gasteiger charge is 2.34. The van der Waals surface area contributed by atoms with Gasteiger partial charge in [-0.05, 0) is 55.1 Å². The monoisotopic (exact) mass is 403 g/mol. The number of carbonyl (C=O) groups is 1. The molecule has 0 fully saturated rings. The number of aliphatic imine (C=N–C) groups is 1. The molecule has 2 aliphatic heterocycles. The third-order valence-electron chi connectivity index (χ3n) is 3.81. The molecule has 0 aliphatic carbocycles. The summed E-state index contributed by atoms with van der Waals surface area (Å²) in [6.07, 6.45) is 3.47. The Hall–Kier alpha value is -2.35. The van der Waals surface area contributed by atoms with E-state index in [-0.39, 0.29) is 11.4 Å². The Labute approximate surface area is 163 Å². The van der Waals surface area contributed by atoms with Crippen molar-refractivity contribution in [1.29, 1.82) is 5.41 Å². The van der Waals surface area contributed by atoms with E-state index in [1.807, 2.05) is 35.9 Å². The zero-order valence-electron chi connectivity index (χ0n) is 13.4. The minimum atomic E-state index is -0.458. The number of carbonyl (C=O) groups excluding carboxylic acids is 1. The summed E-state index contributed by atoms with van der Waals surface area (Å²) in [7, 11) is 0. The average Bonchev–Trinajstić information content (AvgIpc) is 3.20. The largest absolute Gasteiger partial charge is 0.317 e. The number of aromatic nitrogens is 1. The van der Waals surface area contributed by atoms with Gasteiger partial charge in [-0.15, -0.1) is 0 Å². The van der Waals surface area contributed by atoms with Gasteiger partial charge in [-0.25, -0.2) is 0 Å². The van der Waals surface area contributed by atoms with Crippen LogP contribution in [-0.2, 0) is 4.79 Å². The maximum absolute atomic E-state index is 12.4. The average molecular weight is 404 g/mol. The standard InChI is InChI=1S/C17H11Cl2N5OS/c1-9-22-24-15(20)12(16(25)21-17(24)26-9)7-10-3-2-6-23(10)11-4-5-13(18)14(19)8-11/h2-8,20H,1H3/b12-7-,20-15?. The van der Waals surface area contributed by atoms with Crippen LogP contribution in [0.25, 0.3) is 11.8 Å². The third kappa shape index (κ3) is 2.88. The summed E-state index contributed by atoms with van der Waals surface area (Å²) in [5.41, 5.74) is 1.68. The van der Waals surface area contributed by atoms with Crippen LogP contribution in [0, 0.1) is 5.41 Å². The second-order valence-electron chi connectivity index (χ2n) is 5.54. The zero-order valence-corrected chi connectivity index (χ0v) is 15.7. The van der Waals surface area contributed by atoms with Crippen LogP contribution in [0.1, 0.15) is 12.6 Å². The molecule has 9 heteroatoms. The number of hydrogen-bond donors (Lipinski definition) is 1. The number of amides is 1. The van der Waals surface area contributed by atoms with Crippen LogP contribution in [-0.4, -0.2) is 31.5 Å². The van der Waals surface area contributed by atoms with Gasteiger partial charge < -0.3 is 4.57 Å². The van der Waals surface area contributed by atoms with Crippen molar-refractivity contribution in [2.75, 3.05) is 0 Å². The van der Waals surface area contributed by atoms with E-state index in [4.69, 9.17) is 28.6 Å². The van der Waals surface area contributed by atoms with Crippen molar-refractivity contribution >= 4 is 63.0 Å². The Morgan fingerprint density at radius 2 is 2.04 bits per heavy atom. The molecule has 130 valence electrons. The topological polar surface area (TPSA) is 73.8 Å². The van der Waals surface area contributed by atoms with Gasteiger partial charge in [0.2, 0.25) is 5.17 Å². The van der Waals surface area contributed by atoms with E-state index in [9.17, 15) is 4.79 Å². The van der Waals surface area contributed by atoms with Crippen molar-refractivity contribution in [3.05, 3.63) is 57.8 Å². The third-order valence-corrected chi connectivity index (χ3v) is 5.37. The molecule has 1 amide bonds. The summed E-state index contributed by atoms with van der Waals surface area (Å²) in [6.45, 7) is 1.81. The Kier molecular flexibility index (Phi) is 4.22. The molecule has 26 heavy (non-hydrogen) atoms. The summed E-state index contributed by atoms with van der Waals surface area (Å²) in [4.78, 5) is 16.4. The first-order valence-electron chi connectivity index (χ1n) is 7.53. The van der Waals surface area contributed by atoms with Gasteiger partial charge in [-0.1, -0.05) is 23.2 Å². The fourth-order valence-electron chi connectivity index (χ4n) is 2.62. The maximum atomic E-state index is 12.4. The molecule has 4 rings (SSSR count). The zero-order chi connectivity index (χ0) is 18.4. The van der Waals surface area contributed by atoms with Crippen molar-refractivity contribution in [2.24, 2.45) is 10.1 Å².